The molecule has 1 saturated heterocycles. The maximum atomic E-state index is 12.7. The van der Waals surface area contributed by atoms with Gasteiger partial charge in [-0.2, -0.15) is 0 Å². The molecule has 1 rings (SSSR count). The minimum Gasteiger partial charge on any atom is -0.457 e. The topological polar surface area (TPSA) is 135 Å². The van der Waals surface area contributed by atoms with E-state index in [9.17, 15) is 25.2 Å². The molecule has 9 heteroatoms. The van der Waals surface area contributed by atoms with E-state index < -0.39 is 43.4 Å². The summed E-state index contributed by atoms with van der Waals surface area (Å²) in [6.07, 6.45) is 25.6. The largest absolute Gasteiger partial charge is 0.457 e. The quantitative estimate of drug-likeness (QED) is 0.0380. The van der Waals surface area contributed by atoms with Gasteiger partial charge in [-0.15, -0.1) is 0 Å². The van der Waals surface area contributed by atoms with E-state index in [1.165, 1.54) is 135 Å². The summed E-state index contributed by atoms with van der Waals surface area (Å²) in [6, 6.07) is 0. The number of rotatable bonds is 35. The number of aliphatic hydroxyl groups excluding tert-OH is 4. The second kappa shape index (κ2) is 33.1. The summed E-state index contributed by atoms with van der Waals surface area (Å²) < 4.78 is 22.7. The van der Waals surface area contributed by atoms with Crippen LogP contribution in [0.3, 0.4) is 0 Å². The Morgan fingerprint density at radius 3 is 1.45 bits per heavy atom. The molecule has 0 aliphatic carbocycles. The van der Waals surface area contributed by atoms with E-state index >= 15 is 0 Å². The van der Waals surface area contributed by atoms with E-state index in [1.54, 1.807) is 0 Å². The van der Waals surface area contributed by atoms with E-state index in [0.29, 0.717) is 13.0 Å². The van der Waals surface area contributed by atoms with Crippen molar-refractivity contribution in [1.82, 2.24) is 0 Å². The number of hydrogen-bond donors (Lipinski definition) is 4. The first-order valence-corrected chi connectivity index (χ1v) is 20.6. The monoisotopic (exact) mass is 703 g/mol. The summed E-state index contributed by atoms with van der Waals surface area (Å²) in [5.74, 6) is -0.311. The molecule has 1 fully saturated rings. The maximum Gasteiger partial charge on any atom is 0.306 e. The lowest BCUT2D eigenvalue weighted by Gasteiger charge is -2.39. The summed E-state index contributed by atoms with van der Waals surface area (Å²) in [5, 5.41) is 39.9. The highest BCUT2D eigenvalue weighted by Crippen LogP contribution is 2.22. The number of hydrogen-bond acceptors (Lipinski definition) is 9. The summed E-state index contributed by atoms with van der Waals surface area (Å²) >= 11 is 0. The van der Waals surface area contributed by atoms with Gasteiger partial charge in [-0.25, -0.2) is 0 Å². The van der Waals surface area contributed by atoms with E-state index in [1.807, 2.05) is 0 Å². The molecule has 0 bridgehead atoms. The van der Waals surface area contributed by atoms with Crippen molar-refractivity contribution in [2.75, 3.05) is 26.4 Å². The van der Waals surface area contributed by atoms with Crippen molar-refractivity contribution in [3.05, 3.63) is 0 Å². The van der Waals surface area contributed by atoms with Crippen molar-refractivity contribution in [3.8, 4) is 0 Å². The van der Waals surface area contributed by atoms with Gasteiger partial charge in [0.2, 0.25) is 0 Å². The molecule has 0 aromatic carbocycles. The van der Waals surface area contributed by atoms with Crippen LogP contribution in [0.2, 0.25) is 0 Å². The first-order valence-electron chi connectivity index (χ1n) is 20.6. The predicted octanol–water partition coefficient (Wildman–Crippen LogP) is 8.30. The van der Waals surface area contributed by atoms with Crippen molar-refractivity contribution < 1.29 is 44.2 Å². The third-order valence-electron chi connectivity index (χ3n) is 9.77. The van der Waals surface area contributed by atoms with Crippen LogP contribution < -0.4 is 0 Å². The Hall–Kier alpha value is -0.810. The number of esters is 1. The number of aliphatic hydroxyl groups is 4. The van der Waals surface area contributed by atoms with Crippen molar-refractivity contribution in [1.29, 1.82) is 0 Å². The lowest BCUT2D eigenvalue weighted by molar-refractivity contribution is -0.305. The molecule has 6 unspecified atom stereocenters. The van der Waals surface area contributed by atoms with E-state index in [-0.39, 0.29) is 19.2 Å². The summed E-state index contributed by atoms with van der Waals surface area (Å²) in [7, 11) is 0. The van der Waals surface area contributed by atoms with Gasteiger partial charge in [0, 0.05) is 13.0 Å². The van der Waals surface area contributed by atoms with Crippen LogP contribution in [-0.2, 0) is 23.7 Å². The molecule has 1 aliphatic rings. The molecule has 0 amide bonds. The lowest BCUT2D eigenvalue weighted by Crippen LogP contribution is -2.59. The Morgan fingerprint density at radius 1 is 0.571 bits per heavy atom. The van der Waals surface area contributed by atoms with Crippen LogP contribution >= 0.6 is 0 Å². The fraction of sp³-hybridized carbons (Fsp3) is 0.975. The van der Waals surface area contributed by atoms with Crippen molar-refractivity contribution in [2.24, 2.45) is 0 Å². The second-order valence-electron chi connectivity index (χ2n) is 14.5. The molecule has 6 atom stereocenters. The van der Waals surface area contributed by atoms with Crippen LogP contribution in [0.5, 0.6) is 0 Å². The van der Waals surface area contributed by atoms with Gasteiger partial charge in [-0.05, 0) is 12.8 Å². The number of carbonyl (C=O) groups is 1. The molecule has 292 valence electrons. The van der Waals surface area contributed by atoms with Gasteiger partial charge in [0.05, 0.1) is 19.8 Å². The van der Waals surface area contributed by atoms with Crippen molar-refractivity contribution in [3.63, 3.8) is 0 Å². The Balaban J connectivity index is 2.23. The van der Waals surface area contributed by atoms with Gasteiger partial charge in [-0.3, -0.25) is 4.79 Å². The number of unbranched alkanes of at least 4 members (excludes halogenated alkanes) is 24. The molecule has 49 heavy (non-hydrogen) atoms. The SMILES string of the molecule is CCCCCCCCCCCCCCCCCCCCC(=O)OC(COCCCCCCCCCC)COC1OC(CO)C(O)C(O)C1O. The zero-order valence-corrected chi connectivity index (χ0v) is 31.7. The fourth-order valence-corrected chi connectivity index (χ4v) is 6.49. The third kappa shape index (κ3) is 24.9. The summed E-state index contributed by atoms with van der Waals surface area (Å²) in [6.45, 7) is 4.56. The highest BCUT2D eigenvalue weighted by atomic mass is 16.7. The molecule has 4 N–H and O–H groups in total. The first-order chi connectivity index (χ1) is 23.9. The zero-order valence-electron chi connectivity index (χ0n) is 31.7. The zero-order chi connectivity index (χ0) is 35.8. The highest BCUT2D eigenvalue weighted by Gasteiger charge is 2.44. The fourth-order valence-electron chi connectivity index (χ4n) is 6.49. The van der Waals surface area contributed by atoms with Gasteiger partial charge in [0.1, 0.15) is 30.5 Å². The van der Waals surface area contributed by atoms with Crippen LogP contribution in [0, 0.1) is 0 Å². The molecular formula is C40H78O9. The lowest BCUT2D eigenvalue weighted by atomic mass is 9.99. The first kappa shape index (κ1) is 46.2. The molecule has 1 aliphatic heterocycles. The summed E-state index contributed by atoms with van der Waals surface area (Å²) in [4.78, 5) is 12.7. The molecule has 0 aromatic rings. The van der Waals surface area contributed by atoms with Gasteiger partial charge >= 0.3 is 5.97 Å². The predicted molar refractivity (Wildman–Crippen MR) is 196 cm³/mol. The molecular weight excluding hydrogens is 624 g/mol. The molecule has 0 aromatic heterocycles. The highest BCUT2D eigenvalue weighted by molar-refractivity contribution is 5.69. The smallest absolute Gasteiger partial charge is 0.306 e. The molecule has 1 heterocycles. The van der Waals surface area contributed by atoms with E-state index in [4.69, 9.17) is 18.9 Å². The van der Waals surface area contributed by atoms with Crippen LogP contribution in [0.25, 0.3) is 0 Å². The minimum atomic E-state index is -1.53. The van der Waals surface area contributed by atoms with Crippen LogP contribution in [0.1, 0.15) is 187 Å². The van der Waals surface area contributed by atoms with Crippen LogP contribution in [0.4, 0.5) is 0 Å². The van der Waals surface area contributed by atoms with Crippen molar-refractivity contribution >= 4 is 5.97 Å². The van der Waals surface area contributed by atoms with Gasteiger partial charge < -0.3 is 39.4 Å². The Morgan fingerprint density at radius 2 is 1.00 bits per heavy atom. The second-order valence-corrected chi connectivity index (χ2v) is 14.5. The van der Waals surface area contributed by atoms with Gasteiger partial charge in [0.25, 0.3) is 0 Å². The normalized spacial score (nSPS) is 21.6. The molecule has 0 spiro atoms. The Kier molecular flexibility index (Phi) is 31.2. The molecule has 0 saturated carbocycles. The molecule has 9 nitrogen and oxygen atoms in total. The van der Waals surface area contributed by atoms with Crippen LogP contribution in [0.15, 0.2) is 0 Å². The average molecular weight is 703 g/mol. The summed E-state index contributed by atoms with van der Waals surface area (Å²) in [5.41, 5.74) is 0. The molecule has 0 radical (unpaired) electrons. The van der Waals surface area contributed by atoms with Crippen molar-refractivity contribution in [2.45, 2.75) is 224 Å². The van der Waals surface area contributed by atoms with Crippen LogP contribution in [-0.4, -0.2) is 89.6 Å². The van der Waals surface area contributed by atoms with Gasteiger partial charge in [0.15, 0.2) is 6.29 Å². The van der Waals surface area contributed by atoms with Gasteiger partial charge in [-0.1, -0.05) is 168 Å². The van der Waals surface area contributed by atoms with E-state index in [2.05, 4.69) is 13.8 Å². The standard InChI is InChI=1S/C40H78O9/c1-3-5-7-9-11-13-14-15-16-17-18-19-20-21-22-23-25-27-29-36(42)48-34(32-46-30-28-26-24-12-10-8-6-4-2)33-47-40-39(45)38(44)37(43)35(31-41)49-40/h34-35,37-41,43-45H,3-33H2,1-2H3. The Bertz CT molecular complexity index is 722. The number of ether oxygens (including phenoxy) is 4. The number of carbonyl (C=O) groups excluding carboxylic acids is 1. The average Bonchev–Trinajstić information content (AvgIpc) is 3.10. The third-order valence-corrected chi connectivity index (χ3v) is 9.77. The minimum absolute atomic E-state index is 0.106. The maximum absolute atomic E-state index is 12.7. The Labute approximate surface area is 300 Å². The van der Waals surface area contributed by atoms with E-state index in [0.717, 1.165) is 32.1 Å².